The van der Waals surface area contributed by atoms with E-state index < -0.39 is 17.5 Å². The van der Waals surface area contributed by atoms with Gasteiger partial charge in [-0.05, 0) is 75.7 Å². The summed E-state index contributed by atoms with van der Waals surface area (Å²) >= 11 is 6.84. The van der Waals surface area contributed by atoms with Crippen LogP contribution in [0.25, 0.3) is 33.1 Å². The van der Waals surface area contributed by atoms with Gasteiger partial charge in [0.25, 0.3) is 11.6 Å². The van der Waals surface area contributed by atoms with E-state index in [1.54, 1.807) is 12.3 Å². The average molecular weight is 625 g/mol. The summed E-state index contributed by atoms with van der Waals surface area (Å²) in [5.41, 5.74) is 1.28. The molecule has 7 rings (SSSR count). The first-order valence-corrected chi connectivity index (χ1v) is 15.5. The summed E-state index contributed by atoms with van der Waals surface area (Å²) in [5, 5.41) is 14.3. The van der Waals surface area contributed by atoms with E-state index >= 15 is 4.39 Å². The van der Waals surface area contributed by atoms with Crippen LogP contribution in [0.4, 0.5) is 9.18 Å². The Bertz CT molecular complexity index is 1770. The van der Waals surface area contributed by atoms with E-state index in [1.165, 1.54) is 6.20 Å². The van der Waals surface area contributed by atoms with Gasteiger partial charge in [0.1, 0.15) is 17.8 Å². The molecule has 44 heavy (non-hydrogen) atoms. The van der Waals surface area contributed by atoms with Crippen molar-refractivity contribution in [3.8, 4) is 17.3 Å². The molecule has 14 heteroatoms. The number of alkyl carbamates (subject to hydrolysis) is 1. The van der Waals surface area contributed by atoms with Gasteiger partial charge in [-0.3, -0.25) is 19.9 Å². The molecule has 5 heterocycles. The minimum atomic E-state index is -0.735. The number of amides is 1. The summed E-state index contributed by atoms with van der Waals surface area (Å²) in [4.78, 5) is 38.7. The van der Waals surface area contributed by atoms with Gasteiger partial charge in [-0.1, -0.05) is 11.6 Å². The lowest BCUT2D eigenvalue weighted by Crippen LogP contribution is -2.36. The summed E-state index contributed by atoms with van der Waals surface area (Å²) in [6.45, 7) is 3.21. The van der Waals surface area contributed by atoms with Crippen molar-refractivity contribution in [2.45, 2.75) is 50.1 Å². The van der Waals surface area contributed by atoms with Gasteiger partial charge in [0.05, 0.1) is 23.7 Å². The zero-order chi connectivity index (χ0) is 30.4. The molecule has 12 nitrogen and oxygen atoms in total. The molecule has 1 aliphatic carbocycles. The number of carbonyl (C=O) groups is 1. The molecule has 2 unspecified atom stereocenters. The van der Waals surface area contributed by atoms with Crippen LogP contribution in [0.15, 0.2) is 23.3 Å². The van der Waals surface area contributed by atoms with Gasteiger partial charge >= 0.3 is 6.09 Å². The van der Waals surface area contributed by atoms with E-state index in [0.29, 0.717) is 34.5 Å². The van der Waals surface area contributed by atoms with Crippen LogP contribution in [0.2, 0.25) is 5.02 Å². The topological polar surface area (TPSA) is 150 Å². The van der Waals surface area contributed by atoms with Gasteiger partial charge < -0.3 is 25.0 Å². The normalized spacial score (nSPS) is 23.4. The van der Waals surface area contributed by atoms with E-state index in [2.05, 4.69) is 40.7 Å². The molecule has 1 aromatic carbocycles. The van der Waals surface area contributed by atoms with Crippen LogP contribution < -0.4 is 20.9 Å². The van der Waals surface area contributed by atoms with Gasteiger partial charge in [-0.2, -0.15) is 10.1 Å². The quantitative estimate of drug-likeness (QED) is 0.219. The molecule has 232 valence electrons. The number of rotatable bonds is 9. The number of ether oxygens (including phenoxy) is 2. The zero-order valence-corrected chi connectivity index (χ0v) is 25.0. The van der Waals surface area contributed by atoms with Gasteiger partial charge in [-0.25, -0.2) is 9.18 Å². The number of benzene rings is 1. The predicted octanol–water partition coefficient (Wildman–Crippen LogP) is 3.71. The van der Waals surface area contributed by atoms with Gasteiger partial charge in [0.2, 0.25) is 0 Å². The van der Waals surface area contributed by atoms with Crippen LogP contribution in [-0.4, -0.2) is 88.1 Å². The highest BCUT2D eigenvalue weighted by Gasteiger charge is 2.42. The number of likely N-dealkylation sites (N-methyl/N-ethyl adjacent to an activating group) is 1. The number of nitrogens with zero attached hydrogens (tertiary/aromatic N) is 4. The van der Waals surface area contributed by atoms with Crippen LogP contribution in [0, 0.1) is 11.7 Å². The summed E-state index contributed by atoms with van der Waals surface area (Å²) in [6, 6.07) is 2.04. The number of carbonyl (C=O) groups excluding carboxylic acids is 1. The van der Waals surface area contributed by atoms with E-state index in [1.807, 2.05) is 7.05 Å². The maximum absolute atomic E-state index is 16.4. The average Bonchev–Trinajstić information content (AvgIpc) is 3.35. The molecule has 0 spiro atoms. The van der Waals surface area contributed by atoms with E-state index in [9.17, 15) is 9.59 Å². The molecular formula is C30H34ClFN8O4. The van der Waals surface area contributed by atoms with Gasteiger partial charge in [-0.15, -0.1) is 0 Å². The van der Waals surface area contributed by atoms with Crippen molar-refractivity contribution in [1.29, 1.82) is 0 Å². The van der Waals surface area contributed by atoms with E-state index in [4.69, 9.17) is 21.1 Å². The molecule has 4 aromatic rings. The number of pyridine rings is 1. The van der Waals surface area contributed by atoms with Crippen molar-refractivity contribution in [3.63, 3.8) is 0 Å². The monoisotopic (exact) mass is 624 g/mol. The van der Waals surface area contributed by atoms with E-state index in [0.717, 1.165) is 50.9 Å². The Morgan fingerprint density at radius 1 is 1.27 bits per heavy atom. The molecule has 4 atom stereocenters. The lowest BCUT2D eigenvalue weighted by molar-refractivity contribution is 0.139. The summed E-state index contributed by atoms with van der Waals surface area (Å²) in [5.74, 6) is -0.537. The van der Waals surface area contributed by atoms with Crippen molar-refractivity contribution in [3.05, 3.63) is 45.2 Å². The second kappa shape index (κ2) is 11.9. The Hall–Kier alpha value is -3.81. The van der Waals surface area contributed by atoms with Gasteiger partial charge in [0, 0.05) is 40.8 Å². The Labute approximate surface area is 257 Å². The molecule has 0 radical (unpaired) electrons. The molecule has 3 aliphatic rings. The predicted molar refractivity (Wildman–Crippen MR) is 163 cm³/mol. The lowest BCUT2D eigenvalue weighted by atomic mass is 9.94. The van der Waals surface area contributed by atoms with Crippen molar-refractivity contribution < 1.29 is 18.7 Å². The Morgan fingerprint density at radius 3 is 2.95 bits per heavy atom. The first kappa shape index (κ1) is 28.9. The molecule has 3 fully saturated rings. The van der Waals surface area contributed by atoms with Crippen LogP contribution in [-0.2, 0) is 4.74 Å². The second-order valence-electron chi connectivity index (χ2n) is 12.0. The van der Waals surface area contributed by atoms with E-state index in [-0.39, 0.29) is 53.1 Å². The fourth-order valence-electron chi connectivity index (χ4n) is 6.56. The number of fused-ring (bicyclic) bond motifs is 2. The first-order chi connectivity index (χ1) is 21.4. The molecule has 0 bridgehead atoms. The summed E-state index contributed by atoms with van der Waals surface area (Å²) < 4.78 is 27.7. The third-order valence-corrected chi connectivity index (χ3v) is 9.44. The van der Waals surface area contributed by atoms with Crippen LogP contribution in [0.1, 0.15) is 43.6 Å². The number of hydrogen-bond acceptors (Lipinski definition) is 9. The summed E-state index contributed by atoms with van der Waals surface area (Å²) in [6.07, 6.45) is 6.91. The highest BCUT2D eigenvalue weighted by atomic mass is 35.5. The zero-order valence-electron chi connectivity index (χ0n) is 24.3. The second-order valence-corrected chi connectivity index (χ2v) is 12.4. The third-order valence-electron chi connectivity index (χ3n) is 9.13. The highest BCUT2D eigenvalue weighted by molar-refractivity contribution is 6.33. The largest absolute Gasteiger partial charge is 0.463 e. The Kier molecular flexibility index (Phi) is 7.85. The smallest absolute Gasteiger partial charge is 0.407 e. The molecule has 1 amide bonds. The molecule has 2 saturated heterocycles. The maximum atomic E-state index is 16.4. The van der Waals surface area contributed by atoms with Crippen LogP contribution >= 0.6 is 11.6 Å². The molecule has 1 saturated carbocycles. The number of nitrogens with one attached hydrogen (secondary N) is 4. The molecular weight excluding hydrogens is 591 g/mol. The third kappa shape index (κ3) is 5.59. The number of aromatic amines is 2. The van der Waals surface area contributed by atoms with Crippen LogP contribution in [0.5, 0.6) is 6.01 Å². The molecule has 3 aromatic heterocycles. The summed E-state index contributed by atoms with van der Waals surface area (Å²) in [7, 11) is 2.03. The number of halogens is 2. The maximum Gasteiger partial charge on any atom is 0.407 e. The number of H-pyrrole nitrogens is 2. The fourth-order valence-corrected chi connectivity index (χ4v) is 6.90. The first-order valence-electron chi connectivity index (χ1n) is 15.1. The lowest BCUT2D eigenvalue weighted by Gasteiger charge is -2.19. The minimum absolute atomic E-state index is 0.00817. The Morgan fingerprint density at radius 2 is 2.16 bits per heavy atom. The van der Waals surface area contributed by atoms with Crippen molar-refractivity contribution >= 4 is 39.5 Å². The molecule has 2 aliphatic heterocycles. The Balaban J connectivity index is 1.16. The van der Waals surface area contributed by atoms with Crippen molar-refractivity contribution in [1.82, 2.24) is 40.7 Å². The fraction of sp³-hybridized carbons (Fsp3) is 0.500. The standard InChI is InChI=1S/C30H34ClFN8O4/c1-40-7-2-3-17(40)14-44-29-37-26-20(28(41)38-29)12-34-27(25(26)32)24-19-13-35-39-22(19)10-21(31)23(24)18-9-15(18)5-8-43-30(42)36-16-4-6-33-11-16/h10,12-13,15-18,33H,2-9,11,14H2,1H3,(H,35,39)(H,36,42)(H,37,38,41)/t15?,16-,17+,18?/m1/s1. The highest BCUT2D eigenvalue weighted by Crippen LogP contribution is 2.55. The minimum Gasteiger partial charge on any atom is -0.463 e. The van der Waals surface area contributed by atoms with Crippen molar-refractivity contribution in [2.24, 2.45) is 5.92 Å². The number of likely N-dealkylation sites (tertiary alicyclic amines) is 1. The van der Waals surface area contributed by atoms with Gasteiger partial charge in [0.15, 0.2) is 5.82 Å². The van der Waals surface area contributed by atoms with Crippen molar-refractivity contribution in [2.75, 3.05) is 39.9 Å². The number of hydrogen-bond donors (Lipinski definition) is 4. The SMILES string of the molecule is CN1CCC[C@H]1COc1nc2c(F)c(-c3c(C4CC4CCOC(=O)N[C@@H]4CCNC4)c(Cl)cc4[nH]ncc34)ncc2c(=O)[nH]1. The van der Waals surface area contributed by atoms with Crippen LogP contribution in [0.3, 0.4) is 0 Å². The molecule has 4 N–H and O–H groups in total. The number of aromatic nitrogens is 5.